The minimum absolute atomic E-state index is 0.155. The second-order valence-electron chi connectivity index (χ2n) is 7.61. The number of nitrogens with zero attached hydrogens (tertiary/aromatic N) is 2. The normalized spacial score (nSPS) is 20.2. The molecular formula is C23H28N2O3. The van der Waals surface area contributed by atoms with Gasteiger partial charge in [-0.05, 0) is 25.0 Å². The predicted octanol–water partition coefficient (Wildman–Crippen LogP) is 2.53. The van der Waals surface area contributed by atoms with Gasteiger partial charge >= 0.3 is 0 Å². The van der Waals surface area contributed by atoms with E-state index in [9.17, 15) is 9.59 Å². The Morgan fingerprint density at radius 2 is 1.61 bits per heavy atom. The van der Waals surface area contributed by atoms with E-state index < -0.39 is 6.61 Å². The summed E-state index contributed by atoms with van der Waals surface area (Å²) in [5.74, 6) is -0.0869. The van der Waals surface area contributed by atoms with Gasteiger partial charge in [0, 0.05) is 37.3 Å². The van der Waals surface area contributed by atoms with Gasteiger partial charge in [0.1, 0.15) is 6.61 Å². The van der Waals surface area contributed by atoms with Gasteiger partial charge in [-0.25, -0.2) is 0 Å². The number of aliphatic hydroxyl groups excluding tert-OH is 1. The van der Waals surface area contributed by atoms with Gasteiger partial charge in [-0.15, -0.1) is 0 Å². The molecule has 1 aliphatic heterocycles. The third-order valence-corrected chi connectivity index (χ3v) is 5.44. The molecule has 5 heteroatoms. The molecule has 2 atom stereocenters. The van der Waals surface area contributed by atoms with E-state index in [1.165, 1.54) is 0 Å². The van der Waals surface area contributed by atoms with Crippen LogP contribution >= 0.6 is 0 Å². The summed E-state index contributed by atoms with van der Waals surface area (Å²) in [5, 5.41) is 8.96. The van der Waals surface area contributed by atoms with E-state index in [0.29, 0.717) is 18.5 Å². The average Bonchev–Trinajstić information content (AvgIpc) is 2.71. The molecule has 0 aromatic heterocycles. The fraction of sp³-hybridized carbons (Fsp3) is 0.391. The summed E-state index contributed by atoms with van der Waals surface area (Å²) in [4.78, 5) is 28.7. The van der Waals surface area contributed by atoms with E-state index in [4.69, 9.17) is 5.11 Å². The fourth-order valence-electron chi connectivity index (χ4n) is 3.76. The number of benzene rings is 2. The summed E-state index contributed by atoms with van der Waals surface area (Å²) >= 11 is 0. The van der Waals surface area contributed by atoms with Crippen LogP contribution in [0.25, 0.3) is 0 Å². The van der Waals surface area contributed by atoms with Gasteiger partial charge in [0.05, 0.1) is 6.42 Å². The van der Waals surface area contributed by atoms with E-state index in [1.807, 2.05) is 47.4 Å². The van der Waals surface area contributed by atoms with Gasteiger partial charge in [-0.1, -0.05) is 54.6 Å². The van der Waals surface area contributed by atoms with Crippen LogP contribution in [0.15, 0.2) is 54.6 Å². The molecule has 1 heterocycles. The van der Waals surface area contributed by atoms with E-state index >= 15 is 0 Å². The molecule has 0 aliphatic carbocycles. The minimum Gasteiger partial charge on any atom is -0.388 e. The van der Waals surface area contributed by atoms with Crippen molar-refractivity contribution in [2.75, 3.05) is 19.7 Å². The number of amides is 1. The van der Waals surface area contributed by atoms with E-state index in [0.717, 1.165) is 24.2 Å². The third kappa shape index (κ3) is 4.86. The second kappa shape index (κ2) is 9.13. The summed E-state index contributed by atoms with van der Waals surface area (Å²) in [6.07, 6.45) is 0.443. The number of hydrogen-bond donors (Lipinski definition) is 1. The molecule has 148 valence electrons. The Hall–Kier alpha value is -2.50. The molecule has 1 aliphatic rings. The maximum absolute atomic E-state index is 12.8. The zero-order valence-corrected chi connectivity index (χ0v) is 16.5. The highest BCUT2D eigenvalue weighted by atomic mass is 16.3. The van der Waals surface area contributed by atoms with E-state index in [-0.39, 0.29) is 23.8 Å². The zero-order valence-electron chi connectivity index (χ0n) is 16.5. The largest absolute Gasteiger partial charge is 0.388 e. The Labute approximate surface area is 166 Å². The Kier molecular flexibility index (Phi) is 6.60. The molecule has 0 bridgehead atoms. The van der Waals surface area contributed by atoms with E-state index in [1.54, 1.807) is 12.1 Å². The number of carbonyl (C=O) groups excluding carboxylic acids is 2. The lowest BCUT2D eigenvalue weighted by molar-refractivity contribution is -0.136. The van der Waals surface area contributed by atoms with Crippen molar-refractivity contribution >= 4 is 11.7 Å². The molecule has 0 radical (unpaired) electrons. The van der Waals surface area contributed by atoms with Crippen molar-refractivity contribution in [3.8, 4) is 0 Å². The number of hydrogen-bond acceptors (Lipinski definition) is 4. The van der Waals surface area contributed by atoms with Crippen LogP contribution in [0.2, 0.25) is 0 Å². The molecular weight excluding hydrogens is 352 g/mol. The molecule has 3 rings (SSSR count). The van der Waals surface area contributed by atoms with Crippen molar-refractivity contribution in [3.05, 3.63) is 71.3 Å². The molecule has 1 amide bonds. The molecule has 0 spiro atoms. The summed E-state index contributed by atoms with van der Waals surface area (Å²) in [5.41, 5.74) is 2.70. The van der Waals surface area contributed by atoms with Crippen molar-refractivity contribution in [2.45, 2.75) is 38.9 Å². The number of piperazine rings is 1. The molecule has 0 unspecified atom stereocenters. The molecule has 28 heavy (non-hydrogen) atoms. The van der Waals surface area contributed by atoms with Crippen LogP contribution in [0, 0.1) is 0 Å². The molecule has 2 aromatic rings. The Balaban J connectivity index is 1.60. The van der Waals surface area contributed by atoms with Crippen LogP contribution < -0.4 is 0 Å². The first-order valence-electron chi connectivity index (χ1n) is 9.78. The summed E-state index contributed by atoms with van der Waals surface area (Å²) in [7, 11) is 0. The molecule has 1 N–H and O–H groups in total. The Morgan fingerprint density at radius 1 is 0.929 bits per heavy atom. The number of rotatable bonds is 6. The van der Waals surface area contributed by atoms with Crippen LogP contribution in [0.1, 0.15) is 35.3 Å². The van der Waals surface area contributed by atoms with Crippen LogP contribution in [-0.2, 0) is 17.8 Å². The summed E-state index contributed by atoms with van der Waals surface area (Å²) in [6.45, 7) is 6.10. The zero-order chi connectivity index (χ0) is 20.1. The van der Waals surface area contributed by atoms with Gasteiger partial charge in [0.25, 0.3) is 0 Å². The highest BCUT2D eigenvalue weighted by Gasteiger charge is 2.31. The molecule has 2 aromatic carbocycles. The van der Waals surface area contributed by atoms with E-state index in [2.05, 4.69) is 18.7 Å². The number of aliphatic hydroxyl groups is 1. The SMILES string of the molecule is C[C@H]1CN(C(=O)Cc2ccccc2)[C@@H](C)CN1Cc1ccc(C(=O)CO)cc1. The van der Waals surface area contributed by atoms with Crippen molar-refractivity contribution in [1.29, 1.82) is 0 Å². The molecule has 5 nitrogen and oxygen atoms in total. The lowest BCUT2D eigenvalue weighted by Crippen LogP contribution is -2.57. The lowest BCUT2D eigenvalue weighted by Gasteiger charge is -2.44. The first-order chi connectivity index (χ1) is 13.5. The summed E-state index contributed by atoms with van der Waals surface area (Å²) in [6, 6.07) is 17.7. The van der Waals surface area contributed by atoms with Crippen LogP contribution in [0.3, 0.4) is 0 Å². The highest BCUT2D eigenvalue weighted by Crippen LogP contribution is 2.20. The van der Waals surface area contributed by atoms with Gasteiger partial charge in [-0.3, -0.25) is 14.5 Å². The smallest absolute Gasteiger partial charge is 0.227 e. The Bertz CT molecular complexity index is 804. The second-order valence-corrected chi connectivity index (χ2v) is 7.61. The monoisotopic (exact) mass is 380 g/mol. The molecule has 0 saturated carbocycles. The molecule has 1 saturated heterocycles. The first-order valence-corrected chi connectivity index (χ1v) is 9.78. The van der Waals surface area contributed by atoms with Crippen molar-refractivity contribution in [2.24, 2.45) is 0 Å². The van der Waals surface area contributed by atoms with Crippen molar-refractivity contribution in [3.63, 3.8) is 0 Å². The number of carbonyl (C=O) groups is 2. The van der Waals surface area contributed by atoms with Crippen LogP contribution in [0.4, 0.5) is 0 Å². The molecule has 1 fully saturated rings. The fourth-order valence-corrected chi connectivity index (χ4v) is 3.76. The Morgan fingerprint density at radius 3 is 2.25 bits per heavy atom. The van der Waals surface area contributed by atoms with Crippen LogP contribution in [-0.4, -0.2) is 58.4 Å². The lowest BCUT2D eigenvalue weighted by atomic mass is 10.0. The average molecular weight is 380 g/mol. The third-order valence-electron chi connectivity index (χ3n) is 5.44. The van der Waals surface area contributed by atoms with Gasteiger partial charge in [0.15, 0.2) is 5.78 Å². The predicted molar refractivity (Wildman–Crippen MR) is 109 cm³/mol. The maximum atomic E-state index is 12.8. The maximum Gasteiger partial charge on any atom is 0.227 e. The van der Waals surface area contributed by atoms with Gasteiger partial charge in [0.2, 0.25) is 5.91 Å². The number of ketones is 1. The van der Waals surface area contributed by atoms with Crippen molar-refractivity contribution in [1.82, 2.24) is 9.80 Å². The number of Topliss-reactive ketones (excluding diaryl/α,β-unsaturated/α-hetero) is 1. The first kappa shape index (κ1) is 20.2. The van der Waals surface area contributed by atoms with Crippen LogP contribution in [0.5, 0.6) is 0 Å². The summed E-state index contributed by atoms with van der Waals surface area (Å²) < 4.78 is 0. The topological polar surface area (TPSA) is 60.9 Å². The van der Waals surface area contributed by atoms with Gasteiger partial charge < -0.3 is 10.0 Å². The minimum atomic E-state index is -0.465. The standard InChI is InChI=1S/C23H28N2O3/c1-17-14-25(23(28)12-19-6-4-3-5-7-19)18(2)13-24(17)15-20-8-10-21(11-9-20)22(27)16-26/h3-11,17-18,26H,12-16H2,1-2H3/t17-,18-/m0/s1. The van der Waals surface area contributed by atoms with Crippen molar-refractivity contribution < 1.29 is 14.7 Å². The van der Waals surface area contributed by atoms with Gasteiger partial charge in [-0.2, -0.15) is 0 Å². The quantitative estimate of drug-likeness (QED) is 0.783. The highest BCUT2D eigenvalue weighted by molar-refractivity contribution is 5.96.